The van der Waals surface area contributed by atoms with Gasteiger partial charge in [0.05, 0.1) is 0 Å². The molecule has 0 aromatic carbocycles. The van der Waals surface area contributed by atoms with E-state index in [0.29, 0.717) is 0 Å². The number of nitrogens with one attached hydrogen (secondary N) is 2. The van der Waals surface area contributed by atoms with Crippen LogP contribution in [0.25, 0.3) is 0 Å². The molecule has 1 rings (SSSR count). The van der Waals surface area contributed by atoms with Crippen LogP contribution in [0.3, 0.4) is 0 Å². The molecule has 2 N–H and O–H groups in total. The van der Waals surface area contributed by atoms with Crippen molar-refractivity contribution in [2.24, 2.45) is 11.8 Å². The summed E-state index contributed by atoms with van der Waals surface area (Å²) in [6.07, 6.45) is 8.68. The van der Waals surface area contributed by atoms with Crippen LogP contribution < -0.4 is 10.6 Å². The first-order valence-electron chi connectivity index (χ1n) is 6.98. The molecule has 0 aromatic rings. The molecule has 1 amide bonds. The number of rotatable bonds is 8. The summed E-state index contributed by atoms with van der Waals surface area (Å²) in [5, 5.41) is 6.43. The third kappa shape index (κ3) is 5.50. The van der Waals surface area contributed by atoms with E-state index in [1.54, 1.807) is 12.2 Å². The van der Waals surface area contributed by atoms with Gasteiger partial charge in [-0.2, -0.15) is 0 Å². The zero-order valence-corrected chi connectivity index (χ0v) is 11.3. The Kier molecular flexibility index (Phi) is 7.42. The Morgan fingerprint density at radius 2 is 2.11 bits per heavy atom. The largest absolute Gasteiger partial charge is 0.356 e. The molecular weight excluding hydrogens is 224 g/mol. The third-order valence-electron chi connectivity index (χ3n) is 3.52. The van der Waals surface area contributed by atoms with Crippen LogP contribution >= 0.6 is 0 Å². The van der Waals surface area contributed by atoms with Crippen molar-refractivity contribution in [1.29, 1.82) is 0 Å². The van der Waals surface area contributed by atoms with Crippen molar-refractivity contribution >= 4 is 5.91 Å². The highest BCUT2D eigenvalue weighted by atomic mass is 16.1. The van der Waals surface area contributed by atoms with Crippen LogP contribution in [0.2, 0.25) is 0 Å². The maximum absolute atomic E-state index is 11.9. The lowest BCUT2D eigenvalue weighted by atomic mass is 9.96. The van der Waals surface area contributed by atoms with Crippen LogP contribution in [0.4, 0.5) is 0 Å². The Morgan fingerprint density at radius 1 is 1.39 bits per heavy atom. The highest BCUT2D eigenvalue weighted by Gasteiger charge is 2.16. The normalized spacial score (nSPS) is 19.5. The summed E-state index contributed by atoms with van der Waals surface area (Å²) in [7, 11) is 0. The number of amides is 1. The monoisotopic (exact) mass is 250 g/mol. The average Bonchev–Trinajstić information content (AvgIpc) is 2.39. The number of hydrogen-bond donors (Lipinski definition) is 2. The fraction of sp³-hybridized carbons (Fsp3) is 0.667. The van der Waals surface area contributed by atoms with Gasteiger partial charge < -0.3 is 10.6 Å². The molecule has 0 radical (unpaired) electrons. The Hall–Kier alpha value is -1.09. The van der Waals surface area contributed by atoms with Gasteiger partial charge in [-0.3, -0.25) is 4.79 Å². The molecule has 18 heavy (non-hydrogen) atoms. The summed E-state index contributed by atoms with van der Waals surface area (Å²) >= 11 is 0. The van der Waals surface area contributed by atoms with E-state index in [4.69, 9.17) is 0 Å². The molecule has 0 spiro atoms. The minimum Gasteiger partial charge on any atom is -0.356 e. The van der Waals surface area contributed by atoms with E-state index < -0.39 is 0 Å². The van der Waals surface area contributed by atoms with Gasteiger partial charge in [0.2, 0.25) is 5.91 Å². The molecule has 1 unspecified atom stereocenters. The maximum atomic E-state index is 11.9. The number of allylic oxidation sites excluding steroid dienone is 2. The first-order valence-corrected chi connectivity index (χ1v) is 6.98. The molecular formula is C15H26N2O. The van der Waals surface area contributed by atoms with Crippen LogP contribution in [0, 0.1) is 11.8 Å². The van der Waals surface area contributed by atoms with Gasteiger partial charge >= 0.3 is 0 Å². The van der Waals surface area contributed by atoms with Crippen molar-refractivity contribution in [3.8, 4) is 0 Å². The highest BCUT2D eigenvalue weighted by Crippen LogP contribution is 2.14. The molecule has 0 saturated carbocycles. The van der Waals surface area contributed by atoms with Crippen LogP contribution in [0.1, 0.15) is 32.1 Å². The molecule has 1 aliphatic heterocycles. The Bertz CT molecular complexity index is 260. The summed E-state index contributed by atoms with van der Waals surface area (Å²) in [6, 6.07) is 0. The fourth-order valence-corrected chi connectivity index (χ4v) is 2.43. The third-order valence-corrected chi connectivity index (χ3v) is 3.52. The van der Waals surface area contributed by atoms with Gasteiger partial charge in [-0.05, 0) is 51.1 Å². The average molecular weight is 250 g/mol. The molecule has 0 bridgehead atoms. The molecule has 102 valence electrons. The lowest BCUT2D eigenvalue weighted by molar-refractivity contribution is -0.124. The molecule has 3 nitrogen and oxygen atoms in total. The van der Waals surface area contributed by atoms with Gasteiger partial charge in [0.1, 0.15) is 0 Å². The van der Waals surface area contributed by atoms with E-state index in [-0.39, 0.29) is 11.8 Å². The van der Waals surface area contributed by atoms with Crippen LogP contribution in [0.5, 0.6) is 0 Å². The van der Waals surface area contributed by atoms with E-state index in [0.717, 1.165) is 44.8 Å². The van der Waals surface area contributed by atoms with Gasteiger partial charge in [0.25, 0.3) is 0 Å². The quantitative estimate of drug-likeness (QED) is 0.649. The first-order chi connectivity index (χ1) is 8.77. The SMILES string of the molecule is C=CCC(CC=C)C(=O)NCCC1CCCNC1. The molecule has 1 heterocycles. The molecule has 0 aliphatic carbocycles. The number of carbonyl (C=O) groups excluding carboxylic acids is 1. The van der Waals surface area contributed by atoms with Crippen LogP contribution in [0.15, 0.2) is 25.3 Å². The second kappa shape index (κ2) is 8.92. The molecule has 1 fully saturated rings. The minimum absolute atomic E-state index is 0.00415. The van der Waals surface area contributed by atoms with Crippen LogP contribution in [-0.2, 0) is 4.79 Å². The van der Waals surface area contributed by atoms with Crippen molar-refractivity contribution in [3.63, 3.8) is 0 Å². The maximum Gasteiger partial charge on any atom is 0.223 e. The predicted octanol–water partition coefficient (Wildman–Crippen LogP) is 2.26. The second-order valence-electron chi connectivity index (χ2n) is 5.04. The summed E-state index contributed by atoms with van der Waals surface area (Å²) in [6.45, 7) is 10.4. The highest BCUT2D eigenvalue weighted by molar-refractivity contribution is 5.78. The molecule has 3 heteroatoms. The van der Waals surface area contributed by atoms with Crippen molar-refractivity contribution in [2.75, 3.05) is 19.6 Å². The molecule has 1 atom stereocenters. The second-order valence-corrected chi connectivity index (χ2v) is 5.04. The van der Waals surface area contributed by atoms with Gasteiger partial charge in [0, 0.05) is 12.5 Å². The Balaban J connectivity index is 2.21. The first kappa shape index (κ1) is 15.0. The number of piperidine rings is 1. The fourth-order valence-electron chi connectivity index (χ4n) is 2.43. The van der Waals surface area contributed by atoms with Crippen molar-refractivity contribution in [1.82, 2.24) is 10.6 Å². The van der Waals surface area contributed by atoms with E-state index in [9.17, 15) is 4.79 Å². The predicted molar refractivity (Wildman–Crippen MR) is 76.3 cm³/mol. The summed E-state index contributed by atoms with van der Waals surface area (Å²) < 4.78 is 0. The lowest BCUT2D eigenvalue weighted by Gasteiger charge is -2.23. The van der Waals surface area contributed by atoms with Crippen molar-refractivity contribution in [3.05, 3.63) is 25.3 Å². The Labute approximate surface area is 111 Å². The van der Waals surface area contributed by atoms with Crippen molar-refractivity contribution < 1.29 is 4.79 Å². The lowest BCUT2D eigenvalue weighted by Crippen LogP contribution is -2.35. The number of hydrogen-bond acceptors (Lipinski definition) is 2. The van der Waals surface area contributed by atoms with Gasteiger partial charge in [-0.15, -0.1) is 13.2 Å². The Morgan fingerprint density at radius 3 is 2.67 bits per heavy atom. The van der Waals surface area contributed by atoms with E-state index in [2.05, 4.69) is 23.8 Å². The summed E-state index contributed by atoms with van der Waals surface area (Å²) in [5.41, 5.74) is 0. The topological polar surface area (TPSA) is 41.1 Å². The summed E-state index contributed by atoms with van der Waals surface area (Å²) in [5.74, 6) is 0.861. The van der Waals surface area contributed by atoms with Gasteiger partial charge in [-0.25, -0.2) is 0 Å². The standard InChI is InChI=1S/C15H26N2O/c1-3-6-14(7-4-2)15(18)17-11-9-13-8-5-10-16-12-13/h3-4,13-14,16H,1-2,5-12H2,(H,17,18). The molecule has 0 aromatic heterocycles. The smallest absolute Gasteiger partial charge is 0.223 e. The molecule has 1 saturated heterocycles. The molecule has 1 aliphatic rings. The van der Waals surface area contributed by atoms with E-state index in [1.165, 1.54) is 12.8 Å². The summed E-state index contributed by atoms with van der Waals surface area (Å²) in [4.78, 5) is 11.9. The zero-order chi connectivity index (χ0) is 13.2. The van der Waals surface area contributed by atoms with Gasteiger partial charge in [0.15, 0.2) is 0 Å². The van der Waals surface area contributed by atoms with Gasteiger partial charge in [-0.1, -0.05) is 12.2 Å². The van der Waals surface area contributed by atoms with Crippen LogP contribution in [-0.4, -0.2) is 25.5 Å². The van der Waals surface area contributed by atoms with Crippen molar-refractivity contribution in [2.45, 2.75) is 32.1 Å². The minimum atomic E-state index is 0.00415. The van der Waals surface area contributed by atoms with E-state index >= 15 is 0 Å². The zero-order valence-electron chi connectivity index (χ0n) is 11.3. The van der Waals surface area contributed by atoms with E-state index in [1.807, 2.05) is 0 Å². The number of carbonyl (C=O) groups is 1.